The quantitative estimate of drug-likeness (QED) is 0.818. The van der Waals surface area contributed by atoms with Gasteiger partial charge in [-0.25, -0.2) is 0 Å². The Balaban J connectivity index is 1.99. The van der Waals surface area contributed by atoms with Crippen LogP contribution in [0.15, 0.2) is 18.2 Å². The van der Waals surface area contributed by atoms with Crippen molar-refractivity contribution in [2.24, 2.45) is 0 Å². The largest absolute Gasteiger partial charge is 0.486 e. The van der Waals surface area contributed by atoms with Gasteiger partial charge < -0.3 is 10.1 Å². The first-order valence-electron chi connectivity index (χ1n) is 7.19. The van der Waals surface area contributed by atoms with Gasteiger partial charge >= 0.3 is 0 Å². The van der Waals surface area contributed by atoms with Crippen LogP contribution in [-0.2, 0) is 0 Å². The van der Waals surface area contributed by atoms with Crippen LogP contribution in [-0.4, -0.2) is 17.7 Å². The van der Waals surface area contributed by atoms with Crippen molar-refractivity contribution in [2.75, 3.05) is 6.54 Å². The summed E-state index contributed by atoms with van der Waals surface area (Å²) in [6.07, 6.45) is 4.38. The average molecular weight is 316 g/mol. The Morgan fingerprint density at radius 1 is 1.25 bits per heavy atom. The SMILES string of the molecule is CC(C)(C)NCCC1(Oc2cccc(Cl)c2Cl)CCC1. The second kappa shape index (κ2) is 6.13. The standard InChI is InChI=1S/C16H23Cl2NO/c1-15(2,3)19-11-10-16(8-5-9-16)20-13-7-4-6-12(17)14(13)18/h4,6-7,19H,5,8-11H2,1-3H3. The first kappa shape index (κ1) is 15.9. The Morgan fingerprint density at radius 3 is 2.50 bits per heavy atom. The summed E-state index contributed by atoms with van der Waals surface area (Å²) in [7, 11) is 0. The van der Waals surface area contributed by atoms with E-state index < -0.39 is 0 Å². The molecule has 1 aromatic rings. The van der Waals surface area contributed by atoms with Crippen molar-refractivity contribution in [3.05, 3.63) is 28.2 Å². The maximum atomic E-state index is 6.21. The molecule has 112 valence electrons. The molecule has 0 saturated heterocycles. The third-order valence-corrected chi connectivity index (χ3v) is 4.54. The Labute approximate surface area is 131 Å². The molecule has 2 nitrogen and oxygen atoms in total. The number of nitrogens with one attached hydrogen (secondary N) is 1. The van der Waals surface area contributed by atoms with Gasteiger partial charge in [0.15, 0.2) is 0 Å². The van der Waals surface area contributed by atoms with Crippen LogP contribution < -0.4 is 10.1 Å². The van der Waals surface area contributed by atoms with E-state index in [-0.39, 0.29) is 11.1 Å². The Kier molecular flexibility index (Phi) is 4.88. The lowest BCUT2D eigenvalue weighted by Crippen LogP contribution is -2.47. The minimum absolute atomic E-state index is 0.0768. The number of hydrogen-bond acceptors (Lipinski definition) is 2. The fraction of sp³-hybridized carbons (Fsp3) is 0.625. The molecule has 0 unspecified atom stereocenters. The predicted molar refractivity (Wildman–Crippen MR) is 86.0 cm³/mol. The molecule has 0 amide bonds. The first-order valence-corrected chi connectivity index (χ1v) is 7.95. The zero-order valence-corrected chi connectivity index (χ0v) is 13.9. The normalized spacial score (nSPS) is 17.6. The van der Waals surface area contributed by atoms with E-state index in [0.717, 1.165) is 25.8 Å². The molecule has 20 heavy (non-hydrogen) atoms. The summed E-state index contributed by atoms with van der Waals surface area (Å²) in [6, 6.07) is 5.56. The minimum Gasteiger partial charge on any atom is -0.486 e. The second-order valence-corrected chi connectivity index (χ2v) is 7.40. The second-order valence-electron chi connectivity index (χ2n) is 6.62. The van der Waals surface area contributed by atoms with Crippen LogP contribution in [0.25, 0.3) is 0 Å². The van der Waals surface area contributed by atoms with E-state index in [2.05, 4.69) is 26.1 Å². The van der Waals surface area contributed by atoms with Crippen molar-refractivity contribution in [1.29, 1.82) is 0 Å². The smallest absolute Gasteiger partial charge is 0.140 e. The van der Waals surface area contributed by atoms with Gasteiger partial charge in [-0.15, -0.1) is 0 Å². The number of hydrogen-bond donors (Lipinski definition) is 1. The van der Waals surface area contributed by atoms with Crippen LogP contribution in [0.1, 0.15) is 46.5 Å². The summed E-state index contributed by atoms with van der Waals surface area (Å²) < 4.78 is 6.21. The molecule has 1 aliphatic carbocycles. The lowest BCUT2D eigenvalue weighted by Gasteiger charge is -2.43. The van der Waals surface area contributed by atoms with Crippen LogP contribution in [0.2, 0.25) is 10.0 Å². The molecule has 0 spiro atoms. The monoisotopic (exact) mass is 315 g/mol. The number of halogens is 2. The van der Waals surface area contributed by atoms with Gasteiger partial charge in [-0.05, 0) is 65.1 Å². The maximum Gasteiger partial charge on any atom is 0.140 e. The summed E-state index contributed by atoms with van der Waals surface area (Å²) in [5.74, 6) is 0.703. The first-order chi connectivity index (χ1) is 9.31. The minimum atomic E-state index is -0.0768. The summed E-state index contributed by atoms with van der Waals surface area (Å²) in [5.41, 5.74) is 0.0607. The molecule has 1 fully saturated rings. The lowest BCUT2D eigenvalue weighted by molar-refractivity contribution is -0.0151. The molecule has 4 heteroatoms. The highest BCUT2D eigenvalue weighted by atomic mass is 35.5. The predicted octanol–water partition coefficient (Wildman–Crippen LogP) is 5.07. The molecule has 0 aromatic heterocycles. The number of benzene rings is 1. The highest BCUT2D eigenvalue weighted by Crippen LogP contribution is 2.42. The van der Waals surface area contributed by atoms with Crippen molar-refractivity contribution in [3.8, 4) is 5.75 Å². The third-order valence-electron chi connectivity index (χ3n) is 3.74. The van der Waals surface area contributed by atoms with Gasteiger partial charge in [-0.1, -0.05) is 29.3 Å². The molecule has 1 aromatic carbocycles. The van der Waals surface area contributed by atoms with Crippen LogP contribution in [0.4, 0.5) is 0 Å². The molecule has 0 radical (unpaired) electrons. The third kappa shape index (κ3) is 4.03. The van der Waals surface area contributed by atoms with E-state index in [1.807, 2.05) is 12.1 Å². The molecule has 1 aliphatic rings. The highest BCUT2D eigenvalue weighted by Gasteiger charge is 2.39. The number of rotatable bonds is 5. The lowest BCUT2D eigenvalue weighted by atomic mass is 9.77. The van der Waals surface area contributed by atoms with Gasteiger partial charge in [-0.3, -0.25) is 0 Å². The fourth-order valence-electron chi connectivity index (χ4n) is 2.44. The fourth-order valence-corrected chi connectivity index (χ4v) is 2.77. The highest BCUT2D eigenvalue weighted by molar-refractivity contribution is 6.42. The topological polar surface area (TPSA) is 21.3 Å². The molecule has 0 atom stereocenters. The zero-order chi connectivity index (χ0) is 14.8. The summed E-state index contributed by atoms with van der Waals surface area (Å²) in [6.45, 7) is 7.47. The molecule has 1 saturated carbocycles. The van der Waals surface area contributed by atoms with Crippen molar-refractivity contribution in [2.45, 2.75) is 57.6 Å². The maximum absolute atomic E-state index is 6.21. The zero-order valence-electron chi connectivity index (χ0n) is 12.4. The Hall–Kier alpha value is -0.440. The summed E-state index contributed by atoms with van der Waals surface area (Å²) in [4.78, 5) is 0. The van der Waals surface area contributed by atoms with Crippen LogP contribution in [0.3, 0.4) is 0 Å². The van der Waals surface area contributed by atoms with Gasteiger partial charge in [0.05, 0.1) is 5.02 Å². The Bertz CT molecular complexity index is 464. The van der Waals surface area contributed by atoms with E-state index in [9.17, 15) is 0 Å². The summed E-state index contributed by atoms with van der Waals surface area (Å²) in [5, 5.41) is 4.58. The van der Waals surface area contributed by atoms with Crippen LogP contribution in [0.5, 0.6) is 5.75 Å². The van der Waals surface area contributed by atoms with Crippen molar-refractivity contribution >= 4 is 23.2 Å². The molecule has 0 bridgehead atoms. The number of ether oxygens (including phenoxy) is 1. The van der Waals surface area contributed by atoms with Gasteiger partial charge in [0.2, 0.25) is 0 Å². The molecule has 0 heterocycles. The molecular weight excluding hydrogens is 293 g/mol. The van der Waals surface area contributed by atoms with E-state index >= 15 is 0 Å². The summed E-state index contributed by atoms with van der Waals surface area (Å²) >= 11 is 12.3. The molecular formula is C16H23Cl2NO. The average Bonchev–Trinajstić information content (AvgIpc) is 2.30. The van der Waals surface area contributed by atoms with E-state index in [0.29, 0.717) is 15.8 Å². The van der Waals surface area contributed by atoms with Gasteiger partial charge in [0.1, 0.15) is 16.4 Å². The Morgan fingerprint density at radius 2 is 1.95 bits per heavy atom. The van der Waals surface area contributed by atoms with Crippen LogP contribution >= 0.6 is 23.2 Å². The van der Waals surface area contributed by atoms with Gasteiger partial charge in [0.25, 0.3) is 0 Å². The van der Waals surface area contributed by atoms with Crippen molar-refractivity contribution < 1.29 is 4.74 Å². The van der Waals surface area contributed by atoms with E-state index in [1.54, 1.807) is 6.07 Å². The van der Waals surface area contributed by atoms with Gasteiger partial charge in [-0.2, -0.15) is 0 Å². The van der Waals surface area contributed by atoms with Crippen LogP contribution in [0, 0.1) is 0 Å². The molecule has 1 N–H and O–H groups in total. The molecule has 2 rings (SSSR count). The van der Waals surface area contributed by atoms with E-state index in [4.69, 9.17) is 27.9 Å². The molecule has 0 aliphatic heterocycles. The van der Waals surface area contributed by atoms with E-state index in [1.165, 1.54) is 6.42 Å². The van der Waals surface area contributed by atoms with Gasteiger partial charge in [0, 0.05) is 5.54 Å². The van der Waals surface area contributed by atoms with Crippen molar-refractivity contribution in [3.63, 3.8) is 0 Å². The van der Waals surface area contributed by atoms with Crippen molar-refractivity contribution in [1.82, 2.24) is 5.32 Å².